The molecule has 1 aliphatic carbocycles. The van der Waals surface area contributed by atoms with Crippen molar-refractivity contribution in [3.63, 3.8) is 0 Å². The van der Waals surface area contributed by atoms with Gasteiger partial charge in [-0.25, -0.2) is 14.0 Å². The van der Waals surface area contributed by atoms with Crippen LogP contribution in [-0.2, 0) is 16.1 Å². The van der Waals surface area contributed by atoms with Crippen LogP contribution in [0.15, 0.2) is 47.0 Å². The summed E-state index contributed by atoms with van der Waals surface area (Å²) in [5, 5.41) is 7.11. The van der Waals surface area contributed by atoms with E-state index in [4.69, 9.17) is 14.0 Å². The Labute approximate surface area is 226 Å². The van der Waals surface area contributed by atoms with Gasteiger partial charge in [0, 0.05) is 29.1 Å². The van der Waals surface area contributed by atoms with Crippen LogP contribution in [0.3, 0.4) is 0 Å². The number of rotatable bonds is 7. The van der Waals surface area contributed by atoms with Crippen LogP contribution in [0, 0.1) is 12.7 Å². The van der Waals surface area contributed by atoms with Crippen molar-refractivity contribution in [3.05, 3.63) is 70.7 Å². The number of hydrogen-bond donors (Lipinski definition) is 1. The second-order valence-corrected chi connectivity index (χ2v) is 10.8. The fraction of sp³-hybridized carbons (Fsp3) is 0.433. The van der Waals surface area contributed by atoms with Gasteiger partial charge in [-0.2, -0.15) is 0 Å². The van der Waals surface area contributed by atoms with Gasteiger partial charge in [0.2, 0.25) is 0 Å². The molecular formula is C30H32FN3O5. The van der Waals surface area contributed by atoms with Crippen LogP contribution in [0.2, 0.25) is 0 Å². The summed E-state index contributed by atoms with van der Waals surface area (Å²) < 4.78 is 31.4. The van der Waals surface area contributed by atoms with Gasteiger partial charge >= 0.3 is 12.0 Å². The van der Waals surface area contributed by atoms with Gasteiger partial charge in [0.1, 0.15) is 17.3 Å². The van der Waals surface area contributed by atoms with Gasteiger partial charge in [-0.05, 0) is 69.2 Å². The molecule has 6 rings (SSSR count). The minimum Gasteiger partial charge on any atom is -0.465 e. The number of esters is 1. The van der Waals surface area contributed by atoms with Gasteiger partial charge in [-0.15, -0.1) is 0 Å². The van der Waals surface area contributed by atoms with Gasteiger partial charge in [0.25, 0.3) is 0 Å². The smallest absolute Gasteiger partial charge is 0.337 e. The highest BCUT2D eigenvalue weighted by atomic mass is 19.1. The Kier molecular flexibility index (Phi) is 6.85. The normalized spacial score (nSPS) is 22.1. The number of piperidine rings is 1. The SMILES string of the molecule is COC(=O)c1ccc(F)c(NC(=O)N2C3CCC2CC(OCc2c(-c4ccccc4C)noc2C2CC2)C3)c1. The monoisotopic (exact) mass is 533 g/mol. The number of aromatic nitrogens is 1. The third kappa shape index (κ3) is 5.03. The number of anilines is 1. The fourth-order valence-electron chi connectivity index (χ4n) is 6.02. The first-order valence-corrected chi connectivity index (χ1v) is 13.6. The van der Waals surface area contributed by atoms with Crippen molar-refractivity contribution in [1.29, 1.82) is 0 Å². The zero-order valence-corrected chi connectivity index (χ0v) is 22.1. The van der Waals surface area contributed by atoms with Crippen LogP contribution in [-0.4, -0.2) is 47.4 Å². The van der Waals surface area contributed by atoms with Crippen molar-refractivity contribution < 1.29 is 28.0 Å². The third-order valence-electron chi connectivity index (χ3n) is 8.18. The highest BCUT2D eigenvalue weighted by Crippen LogP contribution is 2.45. The molecule has 1 saturated carbocycles. The molecule has 0 radical (unpaired) electrons. The van der Waals surface area contributed by atoms with Crippen molar-refractivity contribution in [2.45, 2.75) is 76.2 Å². The largest absolute Gasteiger partial charge is 0.465 e. The second kappa shape index (κ2) is 10.4. The Bertz CT molecular complexity index is 1390. The summed E-state index contributed by atoms with van der Waals surface area (Å²) in [5.74, 6) is 0.149. The van der Waals surface area contributed by atoms with E-state index in [1.165, 1.54) is 19.2 Å². The van der Waals surface area contributed by atoms with Crippen molar-refractivity contribution in [3.8, 4) is 11.3 Å². The van der Waals surface area contributed by atoms with Crippen molar-refractivity contribution in [2.24, 2.45) is 0 Å². The Hall–Kier alpha value is -3.72. The zero-order valence-electron chi connectivity index (χ0n) is 22.1. The maximum Gasteiger partial charge on any atom is 0.337 e. The first kappa shape index (κ1) is 25.6. The molecule has 2 aromatic carbocycles. The first-order chi connectivity index (χ1) is 18.9. The highest BCUT2D eigenvalue weighted by molar-refractivity contribution is 5.94. The lowest BCUT2D eigenvalue weighted by atomic mass is 9.99. The Morgan fingerprint density at radius 3 is 2.54 bits per heavy atom. The van der Waals surface area contributed by atoms with Gasteiger partial charge in [0.15, 0.2) is 0 Å². The molecule has 1 aromatic heterocycles. The van der Waals surface area contributed by atoms with E-state index in [0.717, 1.165) is 59.9 Å². The second-order valence-electron chi connectivity index (χ2n) is 10.8. The van der Waals surface area contributed by atoms with Gasteiger partial charge in [-0.1, -0.05) is 29.4 Å². The minimum atomic E-state index is -0.605. The summed E-state index contributed by atoms with van der Waals surface area (Å²) in [7, 11) is 1.26. The summed E-state index contributed by atoms with van der Waals surface area (Å²) in [4.78, 5) is 26.9. The topological polar surface area (TPSA) is 93.9 Å². The van der Waals surface area contributed by atoms with E-state index in [1.807, 2.05) is 17.0 Å². The Morgan fingerprint density at radius 1 is 1.10 bits per heavy atom. The molecule has 204 valence electrons. The number of urea groups is 1. The van der Waals surface area contributed by atoms with Gasteiger partial charge < -0.3 is 24.2 Å². The number of carbonyl (C=O) groups excluding carboxylic acids is 2. The van der Waals surface area contributed by atoms with Crippen LogP contribution in [0.1, 0.15) is 71.7 Å². The lowest BCUT2D eigenvalue weighted by Gasteiger charge is -2.38. The number of halogens is 1. The van der Waals surface area contributed by atoms with E-state index < -0.39 is 11.8 Å². The number of ether oxygens (including phenoxy) is 2. The highest BCUT2D eigenvalue weighted by Gasteiger charge is 2.44. The molecule has 2 bridgehead atoms. The maximum absolute atomic E-state index is 14.4. The molecule has 1 N–H and O–H groups in total. The average molecular weight is 534 g/mol. The molecule has 3 aliphatic rings. The summed E-state index contributed by atoms with van der Waals surface area (Å²) in [6, 6.07) is 11.6. The number of benzene rings is 2. The summed E-state index contributed by atoms with van der Waals surface area (Å²) >= 11 is 0. The molecule has 2 amide bonds. The average Bonchev–Trinajstić information content (AvgIpc) is 3.64. The molecule has 9 heteroatoms. The third-order valence-corrected chi connectivity index (χ3v) is 8.18. The number of amides is 2. The van der Waals surface area contributed by atoms with Gasteiger partial charge in [0.05, 0.1) is 31.1 Å². The quantitative estimate of drug-likeness (QED) is 0.364. The van der Waals surface area contributed by atoms with E-state index in [2.05, 4.69) is 29.5 Å². The summed E-state index contributed by atoms with van der Waals surface area (Å²) in [5.41, 5.74) is 4.21. The number of carbonyl (C=O) groups is 2. The van der Waals surface area contributed by atoms with Crippen LogP contribution >= 0.6 is 0 Å². The van der Waals surface area contributed by atoms with E-state index in [9.17, 15) is 14.0 Å². The molecule has 2 atom stereocenters. The molecule has 2 aliphatic heterocycles. The number of methoxy groups -OCH3 is 1. The standard InChI is InChI=1S/C30H32FN3O5/c1-17-5-3-4-6-23(17)27-24(28(39-33-27)18-7-8-18)16-38-22-14-20-10-11-21(15-22)34(20)30(36)32-26-13-19(29(35)37-2)9-12-25(26)31/h3-6,9,12-13,18,20-22H,7-8,10-11,14-16H2,1-2H3,(H,32,36). The number of hydrogen-bond acceptors (Lipinski definition) is 6. The van der Waals surface area contributed by atoms with Crippen LogP contribution in [0.4, 0.5) is 14.9 Å². The minimum absolute atomic E-state index is 0.00168. The number of aryl methyl sites for hydroxylation is 1. The van der Waals surface area contributed by atoms with Crippen molar-refractivity contribution in [1.82, 2.24) is 10.1 Å². The molecule has 8 nitrogen and oxygen atoms in total. The summed E-state index contributed by atoms with van der Waals surface area (Å²) in [6.07, 6.45) is 5.37. The molecule has 0 spiro atoms. The summed E-state index contributed by atoms with van der Waals surface area (Å²) in [6.45, 7) is 2.49. The molecule has 2 saturated heterocycles. The lowest BCUT2D eigenvalue weighted by molar-refractivity contribution is -0.0158. The molecule has 39 heavy (non-hydrogen) atoms. The molecule has 3 aromatic rings. The molecule has 2 unspecified atom stereocenters. The predicted octanol–water partition coefficient (Wildman–Crippen LogP) is 6.20. The van der Waals surface area contributed by atoms with Crippen molar-refractivity contribution in [2.75, 3.05) is 12.4 Å². The fourth-order valence-corrected chi connectivity index (χ4v) is 6.02. The Morgan fingerprint density at radius 2 is 1.85 bits per heavy atom. The van der Waals surface area contributed by atoms with E-state index in [1.54, 1.807) is 0 Å². The van der Waals surface area contributed by atoms with E-state index in [-0.39, 0.29) is 35.5 Å². The molecule has 3 heterocycles. The van der Waals surface area contributed by atoms with E-state index in [0.29, 0.717) is 25.4 Å². The molecule has 3 fully saturated rings. The van der Waals surface area contributed by atoms with E-state index >= 15 is 0 Å². The number of fused-ring (bicyclic) bond motifs is 2. The van der Waals surface area contributed by atoms with Gasteiger partial charge in [-0.3, -0.25) is 0 Å². The van der Waals surface area contributed by atoms with Crippen LogP contribution < -0.4 is 5.32 Å². The van der Waals surface area contributed by atoms with Crippen LogP contribution in [0.5, 0.6) is 0 Å². The predicted molar refractivity (Wildman–Crippen MR) is 142 cm³/mol. The Balaban J connectivity index is 1.13. The van der Waals surface area contributed by atoms with Crippen LogP contribution in [0.25, 0.3) is 11.3 Å². The number of nitrogens with zero attached hydrogens (tertiary/aromatic N) is 2. The lowest BCUT2D eigenvalue weighted by Crippen LogP contribution is -2.50. The molecular weight excluding hydrogens is 501 g/mol. The first-order valence-electron chi connectivity index (χ1n) is 13.6. The number of nitrogens with one attached hydrogen (secondary N) is 1. The maximum atomic E-state index is 14.4. The zero-order chi connectivity index (χ0) is 27.1. The van der Waals surface area contributed by atoms with Crippen molar-refractivity contribution >= 4 is 17.7 Å².